The van der Waals surface area contributed by atoms with E-state index in [0.29, 0.717) is 11.0 Å². The number of nitrogens with one attached hydrogen (secondary N) is 1. The van der Waals surface area contributed by atoms with E-state index in [1.165, 1.54) is 0 Å². The zero-order valence-electron chi connectivity index (χ0n) is 10.0. The molecule has 1 rings (SSSR count). The van der Waals surface area contributed by atoms with Gasteiger partial charge in [0.15, 0.2) is 0 Å². The lowest BCUT2D eigenvalue weighted by Gasteiger charge is -2.10. The summed E-state index contributed by atoms with van der Waals surface area (Å²) in [5.74, 6) is 1.50. The zero-order valence-corrected chi connectivity index (χ0v) is 10.8. The van der Waals surface area contributed by atoms with Crippen molar-refractivity contribution in [3.63, 3.8) is 0 Å². The van der Waals surface area contributed by atoms with Crippen molar-refractivity contribution in [2.45, 2.75) is 27.2 Å². The largest absolute Gasteiger partial charge is 0.382 e. The first-order valence-electron chi connectivity index (χ1n) is 5.47. The third-order valence-corrected chi connectivity index (χ3v) is 2.53. The van der Waals surface area contributed by atoms with Crippen LogP contribution in [0, 0.1) is 13.8 Å². The second kappa shape index (κ2) is 6.66. The van der Waals surface area contributed by atoms with Gasteiger partial charge in [0.05, 0.1) is 0 Å². The number of nitrogens with zero attached hydrogens (tertiary/aromatic N) is 2. The molecule has 0 amide bonds. The van der Waals surface area contributed by atoms with Crippen molar-refractivity contribution in [2.24, 2.45) is 0 Å². The summed E-state index contributed by atoms with van der Waals surface area (Å²) in [7, 11) is 0. The highest BCUT2D eigenvalue weighted by Crippen LogP contribution is 2.19. The summed E-state index contributed by atoms with van der Waals surface area (Å²) in [6.07, 6.45) is 0.952. The number of aromatic nitrogens is 2. The maximum Gasteiger partial charge on any atom is 0.137 e. The fraction of sp³-hybridized carbons (Fsp3) is 0.636. The highest BCUT2D eigenvalue weighted by atomic mass is 35.5. The van der Waals surface area contributed by atoms with Gasteiger partial charge in [0.1, 0.15) is 16.8 Å². The molecule has 5 heteroatoms. The minimum absolute atomic E-state index is 0.514. The molecule has 0 aliphatic carbocycles. The highest BCUT2D eigenvalue weighted by Gasteiger charge is 2.06. The van der Waals surface area contributed by atoms with E-state index in [-0.39, 0.29) is 0 Å². The molecule has 0 aromatic carbocycles. The van der Waals surface area contributed by atoms with Crippen LogP contribution in [0.2, 0.25) is 5.15 Å². The van der Waals surface area contributed by atoms with E-state index in [1.807, 2.05) is 20.8 Å². The monoisotopic (exact) mass is 243 g/mol. The summed E-state index contributed by atoms with van der Waals surface area (Å²) in [5, 5.41) is 3.75. The van der Waals surface area contributed by atoms with Gasteiger partial charge >= 0.3 is 0 Å². The smallest absolute Gasteiger partial charge is 0.137 e. The lowest BCUT2D eigenvalue weighted by molar-refractivity contribution is 0.147. The maximum atomic E-state index is 5.97. The Morgan fingerprint density at radius 2 is 2.06 bits per heavy atom. The van der Waals surface area contributed by atoms with Gasteiger partial charge in [-0.15, -0.1) is 0 Å². The van der Waals surface area contributed by atoms with Crippen molar-refractivity contribution in [2.75, 3.05) is 25.1 Å². The molecule has 0 aliphatic heterocycles. The number of aryl methyl sites for hydroxylation is 1. The lowest BCUT2D eigenvalue weighted by Crippen LogP contribution is -2.09. The minimum Gasteiger partial charge on any atom is -0.382 e. The molecule has 0 saturated heterocycles. The molecule has 0 atom stereocenters. The van der Waals surface area contributed by atoms with Gasteiger partial charge in [-0.25, -0.2) is 9.97 Å². The van der Waals surface area contributed by atoms with Gasteiger partial charge in [-0.2, -0.15) is 0 Å². The Morgan fingerprint density at radius 1 is 1.31 bits per heavy atom. The third kappa shape index (κ3) is 3.94. The number of ether oxygens (including phenoxy) is 1. The van der Waals surface area contributed by atoms with Crippen LogP contribution in [0.1, 0.15) is 24.7 Å². The van der Waals surface area contributed by atoms with Gasteiger partial charge in [-0.05, 0) is 27.2 Å². The molecule has 0 unspecified atom stereocenters. The molecule has 90 valence electrons. The molecule has 0 aliphatic rings. The van der Waals surface area contributed by atoms with Crippen molar-refractivity contribution >= 4 is 17.4 Å². The molecular weight excluding hydrogens is 226 g/mol. The Labute approximate surface area is 101 Å². The first-order valence-corrected chi connectivity index (χ1v) is 5.85. The summed E-state index contributed by atoms with van der Waals surface area (Å²) >= 11 is 5.97. The van der Waals surface area contributed by atoms with Crippen LogP contribution in [0.5, 0.6) is 0 Å². The normalized spacial score (nSPS) is 10.5. The predicted octanol–water partition coefficient (Wildman–Crippen LogP) is 2.59. The summed E-state index contributed by atoms with van der Waals surface area (Å²) < 4.78 is 5.25. The molecule has 1 heterocycles. The molecule has 1 aromatic heterocycles. The number of halogens is 1. The second-order valence-corrected chi connectivity index (χ2v) is 3.87. The van der Waals surface area contributed by atoms with Crippen molar-refractivity contribution in [3.8, 4) is 0 Å². The Kier molecular flexibility index (Phi) is 5.49. The molecule has 1 aromatic rings. The minimum atomic E-state index is 0.514. The number of rotatable bonds is 6. The van der Waals surface area contributed by atoms with Gasteiger partial charge in [0, 0.05) is 25.3 Å². The molecule has 4 nitrogen and oxygen atoms in total. The molecule has 0 spiro atoms. The Balaban J connectivity index is 2.47. The lowest BCUT2D eigenvalue weighted by atomic mass is 10.3. The van der Waals surface area contributed by atoms with E-state index in [4.69, 9.17) is 16.3 Å². The van der Waals surface area contributed by atoms with E-state index < -0.39 is 0 Å². The molecule has 0 saturated carbocycles. The van der Waals surface area contributed by atoms with Crippen LogP contribution in [-0.2, 0) is 4.74 Å². The van der Waals surface area contributed by atoms with Crippen molar-refractivity contribution in [1.29, 1.82) is 0 Å². The van der Waals surface area contributed by atoms with Gasteiger partial charge in [0.25, 0.3) is 0 Å². The molecule has 16 heavy (non-hydrogen) atoms. The van der Waals surface area contributed by atoms with Gasteiger partial charge in [-0.1, -0.05) is 11.6 Å². The summed E-state index contributed by atoms with van der Waals surface area (Å²) in [5.41, 5.74) is 0.892. The fourth-order valence-electron chi connectivity index (χ4n) is 1.29. The van der Waals surface area contributed by atoms with E-state index in [2.05, 4.69) is 15.3 Å². The van der Waals surface area contributed by atoms with Crippen molar-refractivity contribution < 1.29 is 4.74 Å². The van der Waals surface area contributed by atoms with Gasteiger partial charge in [-0.3, -0.25) is 0 Å². The quantitative estimate of drug-likeness (QED) is 0.616. The van der Waals surface area contributed by atoms with Crippen LogP contribution in [0.15, 0.2) is 0 Å². The summed E-state index contributed by atoms with van der Waals surface area (Å²) in [6.45, 7) is 8.08. The topological polar surface area (TPSA) is 47.0 Å². The number of hydrogen-bond acceptors (Lipinski definition) is 4. The SMILES string of the molecule is CCOCCCNc1nc(C)nc(Cl)c1C. The van der Waals surface area contributed by atoms with Crippen LogP contribution < -0.4 is 5.32 Å². The molecule has 0 bridgehead atoms. The summed E-state index contributed by atoms with van der Waals surface area (Å²) in [4.78, 5) is 8.38. The zero-order chi connectivity index (χ0) is 12.0. The third-order valence-electron chi connectivity index (χ3n) is 2.16. The fourth-order valence-corrected chi connectivity index (χ4v) is 1.50. The maximum absolute atomic E-state index is 5.97. The first-order chi connectivity index (χ1) is 7.65. The van der Waals surface area contributed by atoms with Crippen molar-refractivity contribution in [3.05, 3.63) is 16.5 Å². The van der Waals surface area contributed by atoms with E-state index in [1.54, 1.807) is 0 Å². The molecule has 1 N–H and O–H groups in total. The Morgan fingerprint density at radius 3 is 2.75 bits per heavy atom. The van der Waals surface area contributed by atoms with Crippen LogP contribution in [0.3, 0.4) is 0 Å². The van der Waals surface area contributed by atoms with Crippen molar-refractivity contribution in [1.82, 2.24) is 9.97 Å². The molecule has 0 fully saturated rings. The molecular formula is C11H18ClN3O. The van der Waals surface area contributed by atoms with Gasteiger partial charge < -0.3 is 10.1 Å². The average Bonchev–Trinajstić information content (AvgIpc) is 2.24. The summed E-state index contributed by atoms with van der Waals surface area (Å²) in [6, 6.07) is 0. The highest BCUT2D eigenvalue weighted by molar-refractivity contribution is 6.30. The molecule has 0 radical (unpaired) electrons. The number of anilines is 1. The van der Waals surface area contributed by atoms with Crippen LogP contribution >= 0.6 is 11.6 Å². The average molecular weight is 244 g/mol. The van der Waals surface area contributed by atoms with Gasteiger partial charge in [0.2, 0.25) is 0 Å². The van der Waals surface area contributed by atoms with E-state index >= 15 is 0 Å². The van der Waals surface area contributed by atoms with E-state index in [9.17, 15) is 0 Å². The number of hydrogen-bond donors (Lipinski definition) is 1. The van der Waals surface area contributed by atoms with E-state index in [0.717, 1.165) is 37.6 Å². The van der Waals surface area contributed by atoms with Crippen LogP contribution in [-0.4, -0.2) is 29.7 Å². The predicted molar refractivity (Wildman–Crippen MR) is 66.1 cm³/mol. The first kappa shape index (κ1) is 13.2. The van der Waals surface area contributed by atoms with Crippen LogP contribution in [0.4, 0.5) is 5.82 Å². The van der Waals surface area contributed by atoms with Crippen LogP contribution in [0.25, 0.3) is 0 Å². The standard InChI is InChI=1S/C11H18ClN3O/c1-4-16-7-5-6-13-11-8(2)10(12)14-9(3)15-11/h4-7H2,1-3H3,(H,13,14,15). The second-order valence-electron chi connectivity index (χ2n) is 3.51. The Bertz CT molecular complexity index is 344. The Hall–Kier alpha value is -0.870.